The van der Waals surface area contributed by atoms with Crippen molar-refractivity contribution in [2.75, 3.05) is 30.7 Å². The van der Waals surface area contributed by atoms with Gasteiger partial charge in [-0.3, -0.25) is 4.90 Å². The Kier molecular flexibility index (Phi) is 5.98. The van der Waals surface area contributed by atoms with E-state index in [0.29, 0.717) is 0 Å². The van der Waals surface area contributed by atoms with Gasteiger partial charge in [-0.2, -0.15) is 11.8 Å². The van der Waals surface area contributed by atoms with E-state index >= 15 is 0 Å². The Morgan fingerprint density at radius 2 is 2.32 bits per heavy atom. The lowest BCUT2D eigenvalue weighted by atomic mass is 10.2. The Hall–Kier alpha value is -0.740. The second kappa shape index (κ2) is 7.75. The fourth-order valence-electron chi connectivity index (χ4n) is 2.32. The molecule has 1 saturated heterocycles. The van der Waals surface area contributed by atoms with Crippen LogP contribution in [-0.2, 0) is 6.54 Å². The minimum Gasteiger partial charge on any atom is -0.370 e. The van der Waals surface area contributed by atoms with E-state index in [1.165, 1.54) is 31.0 Å². The van der Waals surface area contributed by atoms with Gasteiger partial charge in [0.1, 0.15) is 5.82 Å². The fraction of sp³-hybridized carbons (Fsp3) is 0.667. The molecule has 0 amide bonds. The molecule has 1 unspecified atom stereocenters. The van der Waals surface area contributed by atoms with E-state index in [9.17, 15) is 0 Å². The molecule has 0 aromatic carbocycles. The molecule has 0 bridgehead atoms. The Morgan fingerprint density at radius 1 is 1.42 bits per heavy atom. The van der Waals surface area contributed by atoms with Crippen LogP contribution in [0.4, 0.5) is 5.82 Å². The quantitative estimate of drug-likeness (QED) is 0.865. The first kappa shape index (κ1) is 14.7. The van der Waals surface area contributed by atoms with Crippen molar-refractivity contribution in [3.05, 3.63) is 23.9 Å². The van der Waals surface area contributed by atoms with E-state index in [-0.39, 0.29) is 0 Å². The monoisotopic (exact) mass is 279 g/mol. The van der Waals surface area contributed by atoms with E-state index < -0.39 is 0 Å². The molecule has 1 aromatic heterocycles. The van der Waals surface area contributed by atoms with Gasteiger partial charge >= 0.3 is 0 Å². The molecule has 1 N–H and O–H groups in total. The molecule has 19 heavy (non-hydrogen) atoms. The largest absolute Gasteiger partial charge is 0.370 e. The van der Waals surface area contributed by atoms with Crippen molar-refractivity contribution in [3.63, 3.8) is 0 Å². The number of pyridine rings is 1. The van der Waals surface area contributed by atoms with Crippen LogP contribution in [0.25, 0.3) is 0 Å². The number of hydrogen-bond acceptors (Lipinski definition) is 4. The number of rotatable bonds is 6. The summed E-state index contributed by atoms with van der Waals surface area (Å²) in [5.74, 6) is 2.27. The van der Waals surface area contributed by atoms with E-state index in [0.717, 1.165) is 30.6 Å². The SMILES string of the molecule is CCCNc1cccc(CN2CCSC(CC)C2)n1. The van der Waals surface area contributed by atoms with Crippen molar-refractivity contribution < 1.29 is 0 Å². The zero-order chi connectivity index (χ0) is 13.5. The summed E-state index contributed by atoms with van der Waals surface area (Å²) in [6.07, 6.45) is 2.40. The van der Waals surface area contributed by atoms with Crippen molar-refractivity contribution in [2.24, 2.45) is 0 Å². The molecule has 1 aromatic rings. The first-order chi connectivity index (χ1) is 9.31. The molecular formula is C15H25N3S. The Morgan fingerprint density at radius 3 is 3.11 bits per heavy atom. The highest BCUT2D eigenvalue weighted by Crippen LogP contribution is 2.22. The number of aromatic nitrogens is 1. The van der Waals surface area contributed by atoms with Crippen LogP contribution < -0.4 is 5.32 Å². The van der Waals surface area contributed by atoms with Gasteiger partial charge in [0.25, 0.3) is 0 Å². The van der Waals surface area contributed by atoms with E-state index in [4.69, 9.17) is 4.98 Å². The predicted molar refractivity (Wildman–Crippen MR) is 84.8 cm³/mol. The molecule has 1 atom stereocenters. The van der Waals surface area contributed by atoms with Gasteiger partial charge in [-0.25, -0.2) is 4.98 Å². The Labute approximate surface area is 121 Å². The zero-order valence-electron chi connectivity index (χ0n) is 12.1. The van der Waals surface area contributed by atoms with Crippen LogP contribution in [0.2, 0.25) is 0 Å². The average Bonchev–Trinajstić information content (AvgIpc) is 2.46. The van der Waals surface area contributed by atoms with Gasteiger partial charge in [0.05, 0.1) is 5.69 Å². The third-order valence-corrected chi connectivity index (χ3v) is 4.80. The third kappa shape index (κ3) is 4.69. The van der Waals surface area contributed by atoms with E-state index in [2.05, 4.69) is 54.0 Å². The second-order valence-electron chi connectivity index (χ2n) is 5.08. The smallest absolute Gasteiger partial charge is 0.126 e. The average molecular weight is 279 g/mol. The standard InChI is InChI=1S/C15H25N3S/c1-3-8-16-15-7-5-6-13(17-15)11-18-9-10-19-14(4-2)12-18/h5-7,14H,3-4,8-12H2,1-2H3,(H,16,17). The summed E-state index contributed by atoms with van der Waals surface area (Å²) in [7, 11) is 0. The molecule has 2 rings (SSSR count). The lowest BCUT2D eigenvalue weighted by Gasteiger charge is -2.31. The van der Waals surface area contributed by atoms with Crippen molar-refractivity contribution in [1.82, 2.24) is 9.88 Å². The predicted octanol–water partition coefficient (Wildman–Crippen LogP) is 3.23. The van der Waals surface area contributed by atoms with Crippen LogP contribution in [0.1, 0.15) is 32.4 Å². The minimum atomic E-state index is 0.801. The summed E-state index contributed by atoms with van der Waals surface area (Å²) in [4.78, 5) is 7.23. The molecule has 106 valence electrons. The van der Waals surface area contributed by atoms with Crippen LogP contribution in [0.5, 0.6) is 0 Å². The van der Waals surface area contributed by atoms with Crippen LogP contribution >= 0.6 is 11.8 Å². The molecular weight excluding hydrogens is 254 g/mol. The molecule has 0 aliphatic carbocycles. The van der Waals surface area contributed by atoms with Gasteiger partial charge in [0.2, 0.25) is 0 Å². The van der Waals surface area contributed by atoms with Gasteiger partial charge in [-0.1, -0.05) is 19.9 Å². The lowest BCUT2D eigenvalue weighted by Crippen LogP contribution is -2.37. The van der Waals surface area contributed by atoms with Gasteiger partial charge in [-0.15, -0.1) is 0 Å². The highest BCUT2D eigenvalue weighted by atomic mass is 32.2. The molecule has 1 aliphatic heterocycles. The number of anilines is 1. The topological polar surface area (TPSA) is 28.2 Å². The summed E-state index contributed by atoms with van der Waals surface area (Å²) >= 11 is 2.12. The number of hydrogen-bond donors (Lipinski definition) is 1. The fourth-order valence-corrected chi connectivity index (χ4v) is 3.57. The molecule has 2 heterocycles. The zero-order valence-corrected chi connectivity index (χ0v) is 12.9. The van der Waals surface area contributed by atoms with Crippen LogP contribution in [0.15, 0.2) is 18.2 Å². The third-order valence-electron chi connectivity index (χ3n) is 3.43. The van der Waals surface area contributed by atoms with E-state index in [1.807, 2.05) is 0 Å². The molecule has 1 fully saturated rings. The number of nitrogens with one attached hydrogen (secondary N) is 1. The summed E-state index contributed by atoms with van der Waals surface area (Å²) in [6, 6.07) is 6.30. The Bertz CT molecular complexity index is 383. The van der Waals surface area contributed by atoms with Crippen molar-refractivity contribution >= 4 is 17.6 Å². The van der Waals surface area contributed by atoms with Crippen LogP contribution in [0.3, 0.4) is 0 Å². The summed E-state index contributed by atoms with van der Waals surface area (Å²) in [6.45, 7) is 8.83. The maximum atomic E-state index is 4.70. The van der Waals surface area contributed by atoms with Gasteiger partial charge in [0.15, 0.2) is 0 Å². The molecule has 3 nitrogen and oxygen atoms in total. The number of thioether (sulfide) groups is 1. The van der Waals surface area contributed by atoms with Crippen LogP contribution in [-0.4, -0.2) is 40.5 Å². The van der Waals surface area contributed by atoms with Crippen molar-refractivity contribution in [3.8, 4) is 0 Å². The molecule has 0 saturated carbocycles. The summed E-state index contributed by atoms with van der Waals surface area (Å²) in [5, 5.41) is 4.16. The maximum Gasteiger partial charge on any atom is 0.126 e. The lowest BCUT2D eigenvalue weighted by molar-refractivity contribution is 0.270. The first-order valence-corrected chi connectivity index (χ1v) is 8.40. The highest BCUT2D eigenvalue weighted by molar-refractivity contribution is 8.00. The number of nitrogens with zero attached hydrogens (tertiary/aromatic N) is 2. The second-order valence-corrected chi connectivity index (χ2v) is 6.49. The van der Waals surface area contributed by atoms with Gasteiger partial charge in [0, 0.05) is 37.2 Å². The van der Waals surface area contributed by atoms with Gasteiger partial charge < -0.3 is 5.32 Å². The molecule has 0 spiro atoms. The maximum absolute atomic E-state index is 4.70. The van der Waals surface area contributed by atoms with Crippen molar-refractivity contribution in [2.45, 2.75) is 38.5 Å². The highest BCUT2D eigenvalue weighted by Gasteiger charge is 2.19. The molecule has 1 aliphatic rings. The van der Waals surface area contributed by atoms with Crippen LogP contribution in [0, 0.1) is 0 Å². The first-order valence-electron chi connectivity index (χ1n) is 7.35. The van der Waals surface area contributed by atoms with E-state index in [1.54, 1.807) is 0 Å². The molecule has 4 heteroatoms. The summed E-state index contributed by atoms with van der Waals surface area (Å²) in [5.41, 5.74) is 1.18. The van der Waals surface area contributed by atoms with Crippen molar-refractivity contribution in [1.29, 1.82) is 0 Å². The Balaban J connectivity index is 1.90. The molecule has 0 radical (unpaired) electrons. The summed E-state index contributed by atoms with van der Waals surface area (Å²) < 4.78 is 0. The minimum absolute atomic E-state index is 0.801. The van der Waals surface area contributed by atoms with Gasteiger partial charge in [-0.05, 0) is 25.0 Å². The normalized spacial score (nSPS) is 20.4.